The number of nitrogens with one attached hydrogen (secondary N) is 2. The third-order valence-electron chi connectivity index (χ3n) is 8.57. The van der Waals surface area contributed by atoms with Gasteiger partial charge < -0.3 is 29.2 Å². The van der Waals surface area contributed by atoms with Gasteiger partial charge in [0.05, 0.1) is 28.9 Å². The molecule has 0 unspecified atom stereocenters. The lowest BCUT2D eigenvalue weighted by atomic mass is 10.2. The van der Waals surface area contributed by atoms with Crippen LogP contribution in [0.2, 0.25) is 10.0 Å². The highest BCUT2D eigenvalue weighted by Crippen LogP contribution is 2.38. The van der Waals surface area contributed by atoms with E-state index in [1.807, 2.05) is 0 Å². The highest BCUT2D eigenvalue weighted by molar-refractivity contribution is 7.90. The standard InChI is InChI=1S/C17H17ClFNO4.C11H8ClNO3.C11H11N5O6S2/c1-9(2)15-16(21)20(17(22)24-15)13-8-14(11(18)7-12(13)19)23-10-5-3-4-6-10;12-8-3-4-9(16-6-10(14)15)11-7(8)2-1-5-13-11;1-5-12-9(15-11(13-5)22-2)14-10(19)16-24(20,21)6-3-4-23-7(6)8(17)18/h7-8,10H,3-6H2,1-2H3;1-5H,6H2,(H,14,15);3-4H,1-2H3,(H,17,18)(H2,12,13,14,15,16,19). The number of aromatic nitrogens is 4. The minimum absolute atomic E-state index is 0.00962. The maximum atomic E-state index is 14.3. The Bertz CT molecular complexity index is 2770. The van der Waals surface area contributed by atoms with Crippen molar-refractivity contribution >= 4 is 97.1 Å². The molecule has 4 amide bonds. The van der Waals surface area contributed by atoms with E-state index in [1.165, 1.54) is 25.5 Å². The minimum atomic E-state index is -4.37. The van der Waals surface area contributed by atoms with E-state index in [2.05, 4.69) is 25.3 Å². The first-order valence-electron chi connectivity index (χ1n) is 18.5. The summed E-state index contributed by atoms with van der Waals surface area (Å²) in [4.78, 5) is 72.7. The van der Waals surface area contributed by atoms with Crippen LogP contribution in [0.5, 0.6) is 17.5 Å². The van der Waals surface area contributed by atoms with E-state index in [9.17, 15) is 36.8 Å². The van der Waals surface area contributed by atoms with Gasteiger partial charge in [-0.1, -0.05) is 23.2 Å². The molecule has 2 aliphatic rings. The van der Waals surface area contributed by atoms with E-state index in [-0.39, 0.29) is 46.1 Å². The van der Waals surface area contributed by atoms with Crippen LogP contribution in [0, 0.1) is 12.7 Å². The topological polar surface area (TPSA) is 276 Å². The van der Waals surface area contributed by atoms with Crippen LogP contribution in [0.25, 0.3) is 10.9 Å². The number of sulfonamides is 1. The average molecular weight is 965 g/mol. The molecule has 20 nitrogen and oxygen atoms in total. The summed E-state index contributed by atoms with van der Waals surface area (Å²) in [5, 5.41) is 22.3. The first kappa shape index (κ1) is 48.3. The molecule has 4 heterocycles. The summed E-state index contributed by atoms with van der Waals surface area (Å²) in [5.41, 5.74) is 0.877. The van der Waals surface area contributed by atoms with Crippen molar-refractivity contribution in [1.82, 2.24) is 24.7 Å². The van der Waals surface area contributed by atoms with E-state index < -0.39 is 62.2 Å². The molecule has 64 heavy (non-hydrogen) atoms. The van der Waals surface area contributed by atoms with Gasteiger partial charge in [0, 0.05) is 17.6 Å². The number of carboxylic acid groups (broad SMARTS) is 2. The molecule has 0 radical (unpaired) electrons. The number of carbonyl (C=O) groups is 5. The van der Waals surface area contributed by atoms with Gasteiger partial charge in [0.15, 0.2) is 12.4 Å². The van der Waals surface area contributed by atoms with Crippen LogP contribution in [-0.2, 0) is 24.3 Å². The number of hydrogen-bond acceptors (Lipinski definition) is 16. The number of thiophene rings is 1. The number of aliphatic carboxylic acids is 1. The number of methoxy groups -OCH3 is 1. The zero-order chi connectivity index (χ0) is 46.9. The molecule has 2 fully saturated rings. The lowest BCUT2D eigenvalue weighted by Crippen LogP contribution is -2.35. The third kappa shape index (κ3) is 12.1. The normalized spacial score (nSPS) is 13.5. The van der Waals surface area contributed by atoms with Crippen molar-refractivity contribution in [2.45, 2.75) is 57.5 Å². The molecule has 3 aromatic heterocycles. The number of carboxylic acids is 2. The molecule has 7 rings (SSSR count). The van der Waals surface area contributed by atoms with Crippen LogP contribution in [0.4, 0.5) is 25.6 Å². The number of cyclic esters (lactones) is 1. The molecule has 1 saturated heterocycles. The molecule has 1 saturated carbocycles. The monoisotopic (exact) mass is 963 g/mol. The summed E-state index contributed by atoms with van der Waals surface area (Å²) >= 11 is 12.7. The number of rotatable bonds is 11. The number of allylic oxidation sites excluding steroid dienone is 1. The fourth-order valence-corrected chi connectivity index (χ4v) is 8.37. The Morgan fingerprint density at radius 1 is 1.02 bits per heavy atom. The second-order valence-electron chi connectivity index (χ2n) is 13.4. The molecule has 5 aromatic rings. The number of halogens is 3. The van der Waals surface area contributed by atoms with Gasteiger partial charge in [-0.15, -0.1) is 11.3 Å². The van der Waals surface area contributed by atoms with Crippen LogP contribution in [0.1, 0.15) is 55.0 Å². The van der Waals surface area contributed by atoms with E-state index in [0.29, 0.717) is 26.8 Å². The Morgan fingerprint density at radius 2 is 1.73 bits per heavy atom. The van der Waals surface area contributed by atoms with Gasteiger partial charge in [-0.2, -0.15) is 15.0 Å². The highest BCUT2D eigenvalue weighted by atomic mass is 35.5. The molecule has 25 heteroatoms. The van der Waals surface area contributed by atoms with Crippen molar-refractivity contribution in [2.24, 2.45) is 0 Å². The quantitative estimate of drug-likeness (QED) is 0.0939. The Labute approximate surface area is 377 Å². The maximum Gasteiger partial charge on any atom is 0.427 e. The Balaban J connectivity index is 0.000000185. The van der Waals surface area contributed by atoms with E-state index in [0.717, 1.165) is 54.5 Å². The van der Waals surface area contributed by atoms with Gasteiger partial charge in [-0.3, -0.25) is 15.1 Å². The van der Waals surface area contributed by atoms with Crippen LogP contribution >= 0.6 is 34.5 Å². The van der Waals surface area contributed by atoms with E-state index in [1.54, 1.807) is 49.0 Å². The molecule has 2 aromatic carbocycles. The second kappa shape index (κ2) is 21.1. The van der Waals surface area contributed by atoms with E-state index >= 15 is 0 Å². The number of nitrogens with zero attached hydrogens (tertiary/aromatic N) is 5. The summed E-state index contributed by atoms with van der Waals surface area (Å²) in [6.45, 7) is 4.40. The minimum Gasteiger partial charge on any atom is -0.489 e. The molecule has 338 valence electrons. The molecule has 0 atom stereocenters. The molecule has 0 bridgehead atoms. The summed E-state index contributed by atoms with van der Waals surface area (Å²) in [7, 11) is -3.06. The molecule has 1 aliphatic carbocycles. The molecule has 1 aliphatic heterocycles. The highest BCUT2D eigenvalue weighted by Gasteiger charge is 2.40. The number of hydrogen-bond donors (Lipinski definition) is 4. The van der Waals surface area contributed by atoms with Gasteiger partial charge in [-0.25, -0.2) is 41.6 Å². The first-order valence-corrected chi connectivity index (χ1v) is 21.6. The van der Waals surface area contributed by atoms with Gasteiger partial charge in [0.2, 0.25) is 5.95 Å². The SMILES string of the molecule is CC(C)=C1OC(=O)N(c2cc(OC3CCCC3)c(Cl)cc2F)C1=O.COc1nc(C)nc(NC(=O)NS(=O)(=O)c2ccsc2C(=O)O)n1.O=C(O)COc1ccc(Cl)c2cccnc12. The molecular weight excluding hydrogens is 929 g/mol. The molecule has 4 N–H and O–H groups in total. The van der Waals surface area contributed by atoms with Crippen LogP contribution in [0.3, 0.4) is 0 Å². The third-order valence-corrected chi connectivity index (χ3v) is 11.6. The fraction of sp³-hybridized carbons (Fsp3) is 0.256. The Hall–Kier alpha value is -6.69. The second-order valence-corrected chi connectivity index (χ2v) is 16.8. The number of aromatic carboxylic acids is 1. The van der Waals surface area contributed by atoms with Crippen molar-refractivity contribution in [1.29, 1.82) is 0 Å². The number of pyridine rings is 1. The van der Waals surface area contributed by atoms with Crippen molar-refractivity contribution in [3.05, 3.63) is 91.9 Å². The number of aryl methyl sites for hydroxylation is 1. The lowest BCUT2D eigenvalue weighted by molar-refractivity contribution is -0.139. The maximum absolute atomic E-state index is 14.3. The average Bonchev–Trinajstić information content (AvgIpc) is 4.01. The van der Waals surface area contributed by atoms with Crippen LogP contribution in [0.15, 0.2) is 70.3 Å². The number of ether oxygens (including phenoxy) is 4. The zero-order valence-electron chi connectivity index (χ0n) is 33.9. The summed E-state index contributed by atoms with van der Waals surface area (Å²) in [6.07, 6.45) is 4.60. The number of amides is 4. The van der Waals surface area contributed by atoms with E-state index in [4.69, 9.17) is 52.4 Å². The summed E-state index contributed by atoms with van der Waals surface area (Å²) in [6, 6.07) is 9.01. The Morgan fingerprint density at radius 3 is 2.38 bits per heavy atom. The zero-order valence-corrected chi connectivity index (χ0v) is 37.0. The van der Waals surface area contributed by atoms with Gasteiger partial charge in [0.25, 0.3) is 10.0 Å². The number of imide groups is 1. The fourth-order valence-electron chi connectivity index (χ4n) is 5.79. The molecule has 0 spiro atoms. The summed E-state index contributed by atoms with van der Waals surface area (Å²) in [5.74, 6) is -3.34. The van der Waals surface area contributed by atoms with Gasteiger partial charge in [0.1, 0.15) is 38.4 Å². The summed E-state index contributed by atoms with van der Waals surface area (Å²) < 4.78 is 60.9. The number of carbonyl (C=O) groups excluding carboxylic acids is 3. The van der Waals surface area contributed by atoms with Gasteiger partial charge >= 0.3 is 36.0 Å². The van der Waals surface area contributed by atoms with Crippen LogP contribution < -0.4 is 29.1 Å². The van der Waals surface area contributed by atoms with Crippen molar-refractivity contribution < 1.29 is 65.9 Å². The largest absolute Gasteiger partial charge is 0.489 e. The van der Waals surface area contributed by atoms with Crippen molar-refractivity contribution in [2.75, 3.05) is 23.9 Å². The number of anilines is 2. The molecular formula is C39H36Cl2FN7O13S2. The Kier molecular flexibility index (Phi) is 16.0. The van der Waals surface area contributed by atoms with Crippen molar-refractivity contribution in [3.8, 4) is 17.5 Å². The first-order chi connectivity index (χ1) is 30.3. The number of fused-ring (bicyclic) bond motifs is 1. The predicted octanol–water partition coefficient (Wildman–Crippen LogP) is 7.39. The number of benzene rings is 2. The van der Waals surface area contributed by atoms with Gasteiger partial charge in [-0.05, 0) is 93.8 Å². The smallest absolute Gasteiger partial charge is 0.427 e. The van der Waals surface area contributed by atoms with Crippen LogP contribution in [-0.4, -0.2) is 88.4 Å². The number of urea groups is 1. The lowest BCUT2D eigenvalue weighted by Gasteiger charge is -2.18. The predicted molar refractivity (Wildman–Crippen MR) is 228 cm³/mol. The van der Waals surface area contributed by atoms with Crippen molar-refractivity contribution in [3.63, 3.8) is 0 Å².